The summed E-state index contributed by atoms with van der Waals surface area (Å²) in [7, 11) is 0. The van der Waals surface area contributed by atoms with Gasteiger partial charge in [-0.3, -0.25) is 14.4 Å². The third-order valence-electron chi connectivity index (χ3n) is 4.77. The molecule has 0 bridgehead atoms. The van der Waals surface area contributed by atoms with Gasteiger partial charge in [0.2, 0.25) is 0 Å². The summed E-state index contributed by atoms with van der Waals surface area (Å²) in [5.41, 5.74) is 0.296. The molecule has 2 atom stereocenters. The topological polar surface area (TPSA) is 71.4 Å². The third kappa shape index (κ3) is 4.67. The normalized spacial score (nSPS) is 22.7. The molecule has 0 spiro atoms. The quantitative estimate of drug-likeness (QED) is 0.522. The van der Waals surface area contributed by atoms with Gasteiger partial charge in [-0.25, -0.2) is 0 Å². The standard InChI is InChI=1S/C22H32O4/c1-13(2)8-10-17-21(25)20(18(23)12-15(5)6)16(7)22(17,26)19(24)11-9-14(3)4/h8-9,15,17,26H,10-12H2,1-7H3/t17?,22-/m1/s1. The molecule has 26 heavy (non-hydrogen) atoms. The molecule has 4 heteroatoms. The van der Waals surface area contributed by atoms with Gasteiger partial charge in [-0.2, -0.15) is 0 Å². The van der Waals surface area contributed by atoms with Crippen LogP contribution in [0.15, 0.2) is 34.4 Å². The van der Waals surface area contributed by atoms with Crippen molar-refractivity contribution in [2.24, 2.45) is 11.8 Å². The van der Waals surface area contributed by atoms with Crippen molar-refractivity contribution in [2.75, 3.05) is 0 Å². The van der Waals surface area contributed by atoms with Gasteiger partial charge in [0.15, 0.2) is 23.0 Å². The van der Waals surface area contributed by atoms with E-state index in [9.17, 15) is 19.5 Å². The van der Waals surface area contributed by atoms with Crippen LogP contribution in [0.2, 0.25) is 0 Å². The highest BCUT2D eigenvalue weighted by Gasteiger charge is 2.55. The Kier molecular flexibility index (Phi) is 7.45. The van der Waals surface area contributed by atoms with E-state index >= 15 is 0 Å². The molecule has 1 aliphatic rings. The Balaban J connectivity index is 3.41. The molecule has 0 saturated carbocycles. The van der Waals surface area contributed by atoms with Crippen molar-refractivity contribution in [1.82, 2.24) is 0 Å². The number of allylic oxidation sites excluding steroid dienone is 5. The summed E-state index contributed by atoms with van der Waals surface area (Å²) >= 11 is 0. The predicted octanol–water partition coefficient (Wildman–Crippen LogP) is 4.13. The Morgan fingerprint density at radius 3 is 2.12 bits per heavy atom. The van der Waals surface area contributed by atoms with Gasteiger partial charge in [-0.05, 0) is 52.5 Å². The van der Waals surface area contributed by atoms with Crippen LogP contribution in [0.25, 0.3) is 0 Å². The second-order valence-electron chi connectivity index (χ2n) is 8.13. The first kappa shape index (κ1) is 22.2. The van der Waals surface area contributed by atoms with E-state index in [0.717, 1.165) is 11.1 Å². The van der Waals surface area contributed by atoms with Crippen LogP contribution >= 0.6 is 0 Å². The van der Waals surface area contributed by atoms with E-state index in [1.54, 1.807) is 13.0 Å². The molecule has 1 aliphatic carbocycles. The molecule has 0 aliphatic heterocycles. The molecule has 4 nitrogen and oxygen atoms in total. The SMILES string of the molecule is CC(C)=CCC(=O)[C@@]1(O)C(C)=C(C(=O)CC(C)C)C(=O)C1CC=C(C)C. The Labute approximate surface area is 157 Å². The predicted molar refractivity (Wildman–Crippen MR) is 104 cm³/mol. The van der Waals surface area contributed by atoms with Gasteiger partial charge in [-0.1, -0.05) is 37.1 Å². The number of aliphatic hydroxyl groups is 1. The van der Waals surface area contributed by atoms with Crippen LogP contribution in [0, 0.1) is 11.8 Å². The Bertz CT molecular complexity index is 683. The zero-order valence-electron chi connectivity index (χ0n) is 17.1. The van der Waals surface area contributed by atoms with Crippen molar-refractivity contribution in [3.8, 4) is 0 Å². The van der Waals surface area contributed by atoms with Crippen LogP contribution in [0.3, 0.4) is 0 Å². The first-order chi connectivity index (χ1) is 11.9. The zero-order chi connectivity index (χ0) is 20.2. The van der Waals surface area contributed by atoms with E-state index in [0.29, 0.717) is 0 Å². The Hall–Kier alpha value is -1.81. The molecule has 0 fully saturated rings. The lowest BCUT2D eigenvalue weighted by Gasteiger charge is -2.29. The van der Waals surface area contributed by atoms with Crippen molar-refractivity contribution in [3.63, 3.8) is 0 Å². The van der Waals surface area contributed by atoms with Crippen molar-refractivity contribution >= 4 is 17.3 Å². The molecular weight excluding hydrogens is 328 g/mol. The fourth-order valence-electron chi connectivity index (χ4n) is 3.31. The highest BCUT2D eigenvalue weighted by Crippen LogP contribution is 2.42. The van der Waals surface area contributed by atoms with E-state index in [4.69, 9.17) is 0 Å². The van der Waals surface area contributed by atoms with Crippen molar-refractivity contribution in [2.45, 2.75) is 73.3 Å². The summed E-state index contributed by atoms with van der Waals surface area (Å²) in [6.45, 7) is 12.9. The molecule has 0 heterocycles. The zero-order valence-corrected chi connectivity index (χ0v) is 17.1. The van der Waals surface area contributed by atoms with E-state index in [1.165, 1.54) is 0 Å². The molecule has 1 rings (SSSR count). The lowest BCUT2D eigenvalue weighted by Crippen LogP contribution is -2.45. The summed E-state index contributed by atoms with van der Waals surface area (Å²) in [5, 5.41) is 11.3. The highest BCUT2D eigenvalue weighted by atomic mass is 16.3. The first-order valence-corrected chi connectivity index (χ1v) is 9.24. The molecule has 144 valence electrons. The average Bonchev–Trinajstić information content (AvgIpc) is 2.69. The molecule has 1 unspecified atom stereocenters. The summed E-state index contributed by atoms with van der Waals surface area (Å²) in [4.78, 5) is 38.4. The monoisotopic (exact) mass is 360 g/mol. The largest absolute Gasteiger partial charge is 0.377 e. The number of rotatable bonds is 8. The average molecular weight is 360 g/mol. The van der Waals surface area contributed by atoms with E-state index in [-0.39, 0.29) is 42.1 Å². The first-order valence-electron chi connectivity index (χ1n) is 9.24. The number of hydrogen-bond acceptors (Lipinski definition) is 4. The fourth-order valence-corrected chi connectivity index (χ4v) is 3.31. The fraction of sp³-hybridized carbons (Fsp3) is 0.591. The second-order valence-corrected chi connectivity index (χ2v) is 8.13. The lowest BCUT2D eigenvalue weighted by molar-refractivity contribution is -0.141. The lowest BCUT2D eigenvalue weighted by atomic mass is 9.79. The molecule has 0 saturated heterocycles. The Morgan fingerprint density at radius 1 is 1.12 bits per heavy atom. The number of ketones is 3. The van der Waals surface area contributed by atoms with Gasteiger partial charge < -0.3 is 5.11 Å². The molecule has 0 amide bonds. The van der Waals surface area contributed by atoms with Gasteiger partial charge in [0.05, 0.1) is 11.5 Å². The van der Waals surface area contributed by atoms with Gasteiger partial charge in [0.25, 0.3) is 0 Å². The smallest absolute Gasteiger partial charge is 0.173 e. The minimum atomic E-state index is -1.91. The number of carbonyl (C=O) groups excluding carboxylic acids is 3. The van der Waals surface area contributed by atoms with Gasteiger partial charge in [0.1, 0.15) is 0 Å². The van der Waals surface area contributed by atoms with Crippen LogP contribution in [0.4, 0.5) is 0 Å². The maximum atomic E-state index is 13.0. The van der Waals surface area contributed by atoms with Crippen LogP contribution in [0.1, 0.15) is 67.7 Å². The van der Waals surface area contributed by atoms with Crippen molar-refractivity contribution < 1.29 is 19.5 Å². The number of Topliss-reactive ketones (excluding diaryl/α,β-unsaturated/α-hetero) is 3. The summed E-state index contributed by atoms with van der Waals surface area (Å²) < 4.78 is 0. The van der Waals surface area contributed by atoms with Crippen LogP contribution in [0.5, 0.6) is 0 Å². The minimum Gasteiger partial charge on any atom is -0.377 e. The molecule has 1 N–H and O–H groups in total. The van der Waals surface area contributed by atoms with Crippen LogP contribution in [-0.4, -0.2) is 28.1 Å². The van der Waals surface area contributed by atoms with Crippen molar-refractivity contribution in [1.29, 1.82) is 0 Å². The molecule has 0 aromatic rings. The number of carbonyl (C=O) groups is 3. The van der Waals surface area contributed by atoms with Gasteiger partial charge in [0, 0.05) is 12.8 Å². The van der Waals surface area contributed by atoms with Gasteiger partial charge in [-0.15, -0.1) is 0 Å². The minimum absolute atomic E-state index is 0.0268. The molecule has 0 radical (unpaired) electrons. The summed E-state index contributed by atoms with van der Waals surface area (Å²) in [5.74, 6) is -1.94. The highest BCUT2D eigenvalue weighted by molar-refractivity contribution is 6.26. The van der Waals surface area contributed by atoms with Crippen LogP contribution in [-0.2, 0) is 14.4 Å². The summed E-state index contributed by atoms with van der Waals surface area (Å²) in [6, 6.07) is 0. The molecular formula is C22H32O4. The number of hydrogen-bond donors (Lipinski definition) is 1. The maximum absolute atomic E-state index is 13.0. The van der Waals surface area contributed by atoms with E-state index < -0.39 is 23.1 Å². The van der Waals surface area contributed by atoms with Crippen molar-refractivity contribution in [3.05, 3.63) is 34.4 Å². The van der Waals surface area contributed by atoms with E-state index in [2.05, 4.69) is 0 Å². The Morgan fingerprint density at radius 2 is 1.65 bits per heavy atom. The molecule has 0 aromatic heterocycles. The van der Waals surface area contributed by atoms with Crippen LogP contribution < -0.4 is 0 Å². The van der Waals surface area contributed by atoms with E-state index in [1.807, 2.05) is 47.6 Å². The summed E-state index contributed by atoms with van der Waals surface area (Å²) in [6.07, 6.45) is 4.09. The second kappa shape index (κ2) is 8.72. The third-order valence-corrected chi connectivity index (χ3v) is 4.77. The maximum Gasteiger partial charge on any atom is 0.173 e. The van der Waals surface area contributed by atoms with Gasteiger partial charge >= 0.3 is 0 Å². The molecule has 0 aromatic carbocycles.